The van der Waals surface area contributed by atoms with Gasteiger partial charge >= 0.3 is 0 Å². The summed E-state index contributed by atoms with van der Waals surface area (Å²) in [5, 5.41) is 4.85. The van der Waals surface area contributed by atoms with Gasteiger partial charge in [-0.1, -0.05) is 0 Å². The smallest absolute Gasteiger partial charge is 0.248 e. The van der Waals surface area contributed by atoms with Gasteiger partial charge in [-0.3, -0.25) is 9.78 Å². The highest BCUT2D eigenvalue weighted by molar-refractivity contribution is 5.93. The van der Waals surface area contributed by atoms with Crippen molar-refractivity contribution in [3.63, 3.8) is 0 Å². The number of carbonyl (C=O) groups excluding carboxylic acids is 1. The van der Waals surface area contributed by atoms with Crippen molar-refractivity contribution in [1.29, 1.82) is 0 Å². The number of rotatable bonds is 5. The number of nitrogens with zero attached hydrogens (tertiary/aromatic N) is 6. The molecule has 180 valence electrons. The first kappa shape index (κ1) is 22.1. The number of fused-ring (bicyclic) bond motifs is 1. The zero-order chi connectivity index (χ0) is 24.6. The molecule has 0 unspecified atom stereocenters. The zero-order valence-electron chi connectivity index (χ0n) is 19.2. The fourth-order valence-corrected chi connectivity index (χ4v) is 4.53. The molecule has 6 rings (SSSR count). The molecule has 1 amide bonds. The Balaban J connectivity index is 1.46. The van der Waals surface area contributed by atoms with E-state index in [-0.39, 0.29) is 11.9 Å². The van der Waals surface area contributed by atoms with Gasteiger partial charge in [0.15, 0.2) is 5.65 Å². The lowest BCUT2D eigenvalue weighted by Crippen LogP contribution is -2.20. The third-order valence-corrected chi connectivity index (χ3v) is 6.37. The van der Waals surface area contributed by atoms with Crippen LogP contribution in [0.25, 0.3) is 39.7 Å². The molecule has 1 aromatic carbocycles. The van der Waals surface area contributed by atoms with Gasteiger partial charge in [-0.05, 0) is 61.4 Å². The van der Waals surface area contributed by atoms with Gasteiger partial charge in [0.2, 0.25) is 5.91 Å². The average Bonchev–Trinajstić information content (AvgIpc) is 3.54. The minimum Gasteiger partial charge on any atom is -0.381 e. The molecule has 36 heavy (non-hydrogen) atoms. The van der Waals surface area contributed by atoms with E-state index in [4.69, 9.17) is 20.6 Å². The summed E-state index contributed by atoms with van der Waals surface area (Å²) in [6.07, 6.45) is 6.85. The van der Waals surface area contributed by atoms with E-state index < -0.39 is 5.91 Å². The average molecular weight is 484 g/mol. The first-order valence-electron chi connectivity index (χ1n) is 11.6. The van der Waals surface area contributed by atoms with Crippen molar-refractivity contribution in [2.45, 2.75) is 18.9 Å². The minimum absolute atomic E-state index is 0.215. The molecule has 5 heterocycles. The Kier molecular flexibility index (Phi) is 5.49. The molecular formula is C26H22FN7O2. The van der Waals surface area contributed by atoms with Gasteiger partial charge in [-0.2, -0.15) is 5.10 Å². The normalized spacial score (nSPS) is 14.4. The van der Waals surface area contributed by atoms with Gasteiger partial charge < -0.3 is 15.0 Å². The number of nitrogens with two attached hydrogens (primary N) is 1. The van der Waals surface area contributed by atoms with E-state index >= 15 is 0 Å². The Morgan fingerprint density at radius 1 is 1.00 bits per heavy atom. The predicted molar refractivity (Wildman–Crippen MR) is 130 cm³/mol. The monoisotopic (exact) mass is 483 g/mol. The summed E-state index contributed by atoms with van der Waals surface area (Å²) < 4.78 is 23.0. The Morgan fingerprint density at radius 3 is 2.58 bits per heavy atom. The van der Waals surface area contributed by atoms with Gasteiger partial charge in [0.25, 0.3) is 0 Å². The van der Waals surface area contributed by atoms with E-state index in [2.05, 4.69) is 14.5 Å². The van der Waals surface area contributed by atoms with Crippen LogP contribution >= 0.6 is 0 Å². The number of benzene rings is 1. The van der Waals surface area contributed by atoms with Crippen molar-refractivity contribution >= 4 is 11.6 Å². The fraction of sp³-hybridized carbons (Fsp3) is 0.192. The molecule has 0 radical (unpaired) electrons. The van der Waals surface area contributed by atoms with Crippen molar-refractivity contribution in [1.82, 2.24) is 29.1 Å². The van der Waals surface area contributed by atoms with Gasteiger partial charge in [0, 0.05) is 36.6 Å². The van der Waals surface area contributed by atoms with Crippen LogP contribution in [-0.4, -0.2) is 48.3 Å². The van der Waals surface area contributed by atoms with Crippen LogP contribution in [0.15, 0.2) is 67.3 Å². The maximum atomic E-state index is 13.6. The van der Waals surface area contributed by atoms with Crippen LogP contribution in [0.3, 0.4) is 0 Å². The molecule has 5 aromatic rings. The number of imidazole rings is 2. The van der Waals surface area contributed by atoms with Crippen molar-refractivity contribution < 1.29 is 13.9 Å². The summed E-state index contributed by atoms with van der Waals surface area (Å²) in [6, 6.07) is 13.5. The molecule has 2 N–H and O–H groups in total. The van der Waals surface area contributed by atoms with Crippen molar-refractivity contribution in [3.8, 4) is 34.0 Å². The van der Waals surface area contributed by atoms with Crippen molar-refractivity contribution in [3.05, 3.63) is 78.6 Å². The second-order valence-corrected chi connectivity index (χ2v) is 8.64. The molecule has 0 aliphatic carbocycles. The number of primary amides is 1. The maximum absolute atomic E-state index is 13.6. The molecule has 0 saturated carbocycles. The number of hydrogen-bond donors (Lipinski definition) is 1. The summed E-state index contributed by atoms with van der Waals surface area (Å²) in [4.78, 5) is 25.2. The molecule has 1 aliphatic rings. The minimum atomic E-state index is -0.530. The lowest BCUT2D eigenvalue weighted by Gasteiger charge is -2.25. The van der Waals surface area contributed by atoms with Crippen molar-refractivity contribution in [2.75, 3.05) is 13.2 Å². The lowest BCUT2D eigenvalue weighted by molar-refractivity contribution is 0.0699. The number of carbonyl (C=O) groups is 1. The van der Waals surface area contributed by atoms with E-state index in [1.54, 1.807) is 35.0 Å². The number of pyridine rings is 1. The Hall–Kier alpha value is -4.44. The Labute approximate surface area is 205 Å². The van der Waals surface area contributed by atoms with Crippen LogP contribution in [0.1, 0.15) is 29.2 Å². The maximum Gasteiger partial charge on any atom is 0.248 e. The van der Waals surface area contributed by atoms with E-state index in [0.29, 0.717) is 41.5 Å². The predicted octanol–water partition coefficient (Wildman–Crippen LogP) is 3.91. The lowest BCUT2D eigenvalue weighted by atomic mass is 10.1. The highest BCUT2D eigenvalue weighted by Crippen LogP contribution is 2.35. The summed E-state index contributed by atoms with van der Waals surface area (Å²) in [6.45, 7) is 1.37. The number of hydrogen-bond acceptors (Lipinski definition) is 6. The Morgan fingerprint density at radius 2 is 1.81 bits per heavy atom. The largest absolute Gasteiger partial charge is 0.381 e. The third-order valence-electron chi connectivity index (χ3n) is 6.37. The number of halogens is 1. The molecule has 0 bridgehead atoms. The van der Waals surface area contributed by atoms with Crippen LogP contribution in [0.2, 0.25) is 0 Å². The van der Waals surface area contributed by atoms with Gasteiger partial charge in [-0.25, -0.2) is 18.9 Å². The highest BCUT2D eigenvalue weighted by atomic mass is 19.1. The van der Waals surface area contributed by atoms with Gasteiger partial charge in [0.05, 0.1) is 29.6 Å². The first-order valence-corrected chi connectivity index (χ1v) is 11.6. The highest BCUT2D eigenvalue weighted by Gasteiger charge is 2.24. The summed E-state index contributed by atoms with van der Waals surface area (Å²) >= 11 is 0. The van der Waals surface area contributed by atoms with E-state index in [9.17, 15) is 9.18 Å². The summed E-state index contributed by atoms with van der Waals surface area (Å²) in [5.41, 5.74) is 10.6. The number of aromatic nitrogens is 6. The van der Waals surface area contributed by atoms with Gasteiger partial charge in [0.1, 0.15) is 17.2 Å². The molecular weight excluding hydrogens is 461 g/mol. The van der Waals surface area contributed by atoms with E-state index in [1.165, 1.54) is 18.3 Å². The van der Waals surface area contributed by atoms with Crippen LogP contribution in [0.4, 0.5) is 4.39 Å². The molecule has 4 aromatic heterocycles. The molecule has 10 heteroatoms. The van der Waals surface area contributed by atoms with Gasteiger partial charge in [-0.15, -0.1) is 0 Å². The summed E-state index contributed by atoms with van der Waals surface area (Å²) in [5.74, 6) is -0.832. The van der Waals surface area contributed by atoms with E-state index in [0.717, 1.165) is 29.8 Å². The van der Waals surface area contributed by atoms with Crippen LogP contribution in [0.5, 0.6) is 0 Å². The molecule has 1 aliphatic heterocycles. The number of amides is 1. The quantitative estimate of drug-likeness (QED) is 0.406. The second-order valence-electron chi connectivity index (χ2n) is 8.64. The van der Waals surface area contributed by atoms with Crippen LogP contribution < -0.4 is 5.73 Å². The molecule has 0 atom stereocenters. The third kappa shape index (κ3) is 4.01. The molecule has 1 fully saturated rings. The van der Waals surface area contributed by atoms with Crippen LogP contribution in [0, 0.1) is 5.82 Å². The molecule has 9 nitrogen and oxygen atoms in total. The topological polar surface area (TPSA) is 113 Å². The zero-order valence-corrected chi connectivity index (χ0v) is 19.2. The van der Waals surface area contributed by atoms with Crippen molar-refractivity contribution in [2.24, 2.45) is 5.73 Å². The van der Waals surface area contributed by atoms with Crippen LogP contribution in [-0.2, 0) is 4.74 Å². The molecule has 1 saturated heterocycles. The fourth-order valence-electron chi connectivity index (χ4n) is 4.53. The number of ether oxygens (including phenoxy) is 1. The second kappa shape index (κ2) is 8.97. The Bertz CT molecular complexity index is 1570. The first-order chi connectivity index (χ1) is 17.6. The van der Waals surface area contributed by atoms with E-state index in [1.807, 2.05) is 18.5 Å². The standard InChI is InChI=1S/C26H22FN7O2/c27-18-3-1-16(2-4-18)24-25(33(15-30-24)19-8-11-36-12-9-19)20-5-6-23-31-22(14-34(23)32-20)21-13-17(26(28)35)7-10-29-21/h1-7,10,13-15,19H,8-9,11-12H2,(H2,28,35). The summed E-state index contributed by atoms with van der Waals surface area (Å²) in [7, 11) is 0. The molecule has 0 spiro atoms. The SMILES string of the molecule is NC(=O)c1ccnc(-c2cn3nc(-c4c(-c5ccc(F)cc5)ncn4C4CCOCC4)ccc3n2)c1.